The number of esters is 1. The molecule has 7 nitrogen and oxygen atoms in total. The average Bonchev–Trinajstić information content (AvgIpc) is 2.72. The van der Waals surface area contributed by atoms with Crippen LogP contribution in [0.1, 0.15) is 34.6 Å². The van der Waals surface area contributed by atoms with Crippen molar-refractivity contribution in [2.24, 2.45) is 5.41 Å². The van der Waals surface area contributed by atoms with E-state index < -0.39 is 48.2 Å². The number of ether oxygens (including phenoxy) is 3. The zero-order chi connectivity index (χ0) is 16.4. The van der Waals surface area contributed by atoms with Crippen LogP contribution in [-0.4, -0.2) is 64.7 Å². The van der Waals surface area contributed by atoms with E-state index in [9.17, 15) is 20.1 Å². The number of hydrogen-bond acceptors (Lipinski definition) is 7. The lowest BCUT2D eigenvalue weighted by atomic mass is 9.97. The van der Waals surface area contributed by atoms with Gasteiger partial charge in [-0.3, -0.25) is 4.79 Å². The van der Waals surface area contributed by atoms with Crippen molar-refractivity contribution in [3.8, 4) is 0 Å². The Morgan fingerprint density at radius 3 is 2.33 bits per heavy atom. The molecule has 0 radical (unpaired) electrons. The molecule has 0 aliphatic carbocycles. The molecule has 21 heavy (non-hydrogen) atoms. The number of carbonyl (C=O) groups excluding carboxylic acids is 1. The van der Waals surface area contributed by atoms with Gasteiger partial charge in [0.15, 0.2) is 5.79 Å². The van der Waals surface area contributed by atoms with Crippen molar-refractivity contribution >= 4 is 5.97 Å². The van der Waals surface area contributed by atoms with E-state index in [-0.39, 0.29) is 6.61 Å². The molecule has 0 bridgehead atoms. The summed E-state index contributed by atoms with van der Waals surface area (Å²) in [7, 11) is 0. The molecule has 0 aromatic carbocycles. The van der Waals surface area contributed by atoms with Crippen molar-refractivity contribution in [3.05, 3.63) is 0 Å². The molecule has 1 fully saturated rings. The van der Waals surface area contributed by atoms with Crippen molar-refractivity contribution in [2.45, 2.75) is 64.8 Å². The van der Waals surface area contributed by atoms with Crippen LogP contribution in [0.25, 0.3) is 0 Å². The predicted molar refractivity (Wildman–Crippen MR) is 73.3 cm³/mol. The molecule has 1 aliphatic rings. The molecule has 7 heteroatoms. The predicted octanol–water partition coefficient (Wildman–Crippen LogP) is -0.190. The van der Waals surface area contributed by atoms with Crippen LogP contribution in [0.2, 0.25) is 0 Å². The van der Waals surface area contributed by atoms with Gasteiger partial charge in [-0.15, -0.1) is 0 Å². The standard InChI is InChI=1S/C14H26O7/c1-13(2,3)12(18)19-6-8(15)10(16)11(17)9-7-20-14(4,5)21-9/h8-11,15-17H,6-7H2,1-5H3/t8-,9-,10-,11-/m1/s1. The van der Waals surface area contributed by atoms with Crippen molar-refractivity contribution in [1.82, 2.24) is 0 Å². The van der Waals surface area contributed by atoms with Crippen molar-refractivity contribution in [2.75, 3.05) is 13.2 Å². The van der Waals surface area contributed by atoms with Crippen LogP contribution in [0.15, 0.2) is 0 Å². The summed E-state index contributed by atoms with van der Waals surface area (Å²) in [6.07, 6.45) is -4.99. The molecule has 1 heterocycles. The molecule has 124 valence electrons. The third kappa shape index (κ3) is 5.19. The van der Waals surface area contributed by atoms with Crippen molar-refractivity contribution in [3.63, 3.8) is 0 Å². The highest BCUT2D eigenvalue weighted by Crippen LogP contribution is 2.26. The molecular formula is C14H26O7. The molecule has 4 atom stereocenters. The Balaban J connectivity index is 2.47. The van der Waals surface area contributed by atoms with Gasteiger partial charge in [0.05, 0.1) is 12.0 Å². The summed E-state index contributed by atoms with van der Waals surface area (Å²) in [5.74, 6) is -1.33. The largest absolute Gasteiger partial charge is 0.462 e. The van der Waals surface area contributed by atoms with Gasteiger partial charge in [0.1, 0.15) is 31.0 Å². The first kappa shape index (κ1) is 18.3. The molecule has 3 N–H and O–H groups in total. The summed E-state index contributed by atoms with van der Waals surface area (Å²) in [6, 6.07) is 0. The fraction of sp³-hybridized carbons (Fsp3) is 0.929. The molecule has 1 saturated heterocycles. The fourth-order valence-corrected chi connectivity index (χ4v) is 1.81. The fourth-order valence-electron chi connectivity index (χ4n) is 1.81. The summed E-state index contributed by atoms with van der Waals surface area (Å²) in [5, 5.41) is 29.7. The van der Waals surface area contributed by atoms with Crippen LogP contribution in [0.5, 0.6) is 0 Å². The van der Waals surface area contributed by atoms with Crippen molar-refractivity contribution in [1.29, 1.82) is 0 Å². The number of carbonyl (C=O) groups is 1. The van der Waals surface area contributed by atoms with Gasteiger partial charge in [-0.2, -0.15) is 0 Å². The van der Waals surface area contributed by atoms with Gasteiger partial charge in [0.25, 0.3) is 0 Å². The maximum Gasteiger partial charge on any atom is 0.311 e. The van der Waals surface area contributed by atoms with E-state index in [0.717, 1.165) is 0 Å². The lowest BCUT2D eigenvalue weighted by Gasteiger charge is -2.27. The first-order valence-electron chi connectivity index (χ1n) is 6.97. The van der Waals surface area contributed by atoms with Crippen LogP contribution in [0.4, 0.5) is 0 Å². The minimum Gasteiger partial charge on any atom is -0.462 e. The second kappa shape index (κ2) is 6.58. The third-order valence-corrected chi connectivity index (χ3v) is 3.15. The van der Waals surface area contributed by atoms with Gasteiger partial charge in [-0.05, 0) is 34.6 Å². The lowest BCUT2D eigenvalue weighted by Crippen LogP contribution is -2.47. The Kier molecular flexibility index (Phi) is 5.74. The van der Waals surface area contributed by atoms with Crippen LogP contribution in [-0.2, 0) is 19.0 Å². The number of hydrogen-bond donors (Lipinski definition) is 3. The Morgan fingerprint density at radius 1 is 1.33 bits per heavy atom. The Hall–Kier alpha value is -0.730. The highest BCUT2D eigenvalue weighted by molar-refractivity contribution is 5.75. The summed E-state index contributed by atoms with van der Waals surface area (Å²) >= 11 is 0. The summed E-state index contributed by atoms with van der Waals surface area (Å²) in [4.78, 5) is 11.6. The monoisotopic (exact) mass is 306 g/mol. The van der Waals surface area contributed by atoms with E-state index in [1.54, 1.807) is 34.6 Å². The maximum atomic E-state index is 11.6. The van der Waals surface area contributed by atoms with Gasteiger partial charge in [-0.25, -0.2) is 0 Å². The van der Waals surface area contributed by atoms with E-state index in [1.807, 2.05) is 0 Å². The zero-order valence-electron chi connectivity index (χ0n) is 13.2. The first-order chi connectivity index (χ1) is 9.44. The zero-order valence-corrected chi connectivity index (χ0v) is 13.2. The summed E-state index contributed by atoms with van der Waals surface area (Å²) in [6.45, 7) is 8.13. The van der Waals surface area contributed by atoms with Crippen LogP contribution >= 0.6 is 0 Å². The van der Waals surface area contributed by atoms with Crippen LogP contribution in [0.3, 0.4) is 0 Å². The van der Waals surface area contributed by atoms with E-state index in [4.69, 9.17) is 14.2 Å². The number of aliphatic hydroxyl groups excluding tert-OH is 3. The topological polar surface area (TPSA) is 105 Å². The minimum absolute atomic E-state index is 0.111. The number of rotatable bonds is 5. The summed E-state index contributed by atoms with van der Waals surface area (Å²) in [5.41, 5.74) is -0.699. The molecular weight excluding hydrogens is 280 g/mol. The van der Waals surface area contributed by atoms with Gasteiger partial charge >= 0.3 is 5.97 Å². The van der Waals surface area contributed by atoms with E-state index in [0.29, 0.717) is 0 Å². The molecule has 0 aromatic heterocycles. The van der Waals surface area contributed by atoms with E-state index >= 15 is 0 Å². The van der Waals surface area contributed by atoms with E-state index in [1.165, 1.54) is 0 Å². The lowest BCUT2D eigenvalue weighted by molar-refractivity contribution is -0.175. The molecule has 0 saturated carbocycles. The van der Waals surface area contributed by atoms with Crippen LogP contribution in [0, 0.1) is 5.41 Å². The van der Waals surface area contributed by atoms with Crippen molar-refractivity contribution < 1.29 is 34.3 Å². The summed E-state index contributed by atoms with van der Waals surface area (Å²) < 4.78 is 15.6. The van der Waals surface area contributed by atoms with Gasteiger partial charge in [0.2, 0.25) is 0 Å². The molecule has 1 rings (SSSR count). The molecule has 0 unspecified atom stereocenters. The van der Waals surface area contributed by atoms with Gasteiger partial charge < -0.3 is 29.5 Å². The quantitative estimate of drug-likeness (QED) is 0.605. The second-order valence-corrected chi connectivity index (χ2v) is 6.76. The Labute approximate surface area is 124 Å². The Bertz CT molecular complexity index is 361. The minimum atomic E-state index is -1.50. The molecule has 0 aromatic rings. The molecule has 0 spiro atoms. The third-order valence-electron chi connectivity index (χ3n) is 3.15. The SMILES string of the molecule is CC1(C)OC[C@H]([C@@H](O)[C@H](O)[C@H](O)COC(=O)C(C)(C)C)O1. The second-order valence-electron chi connectivity index (χ2n) is 6.76. The molecule has 0 amide bonds. The van der Waals surface area contributed by atoms with E-state index in [2.05, 4.69) is 0 Å². The highest BCUT2D eigenvalue weighted by atomic mass is 16.7. The van der Waals surface area contributed by atoms with Gasteiger partial charge in [0, 0.05) is 0 Å². The number of aliphatic hydroxyl groups is 3. The highest BCUT2D eigenvalue weighted by Gasteiger charge is 2.41. The molecule has 1 aliphatic heterocycles. The van der Waals surface area contributed by atoms with Gasteiger partial charge in [-0.1, -0.05) is 0 Å². The normalized spacial score (nSPS) is 26.2. The maximum absolute atomic E-state index is 11.6. The van der Waals surface area contributed by atoms with Crippen LogP contribution < -0.4 is 0 Å². The smallest absolute Gasteiger partial charge is 0.311 e. The Morgan fingerprint density at radius 2 is 1.90 bits per heavy atom. The first-order valence-corrected chi connectivity index (χ1v) is 6.97. The average molecular weight is 306 g/mol.